The Morgan fingerprint density at radius 3 is 2.40 bits per heavy atom. The molecule has 116 valence electrons. The number of rotatable bonds is 11. The van der Waals surface area contributed by atoms with Crippen LogP contribution >= 0.6 is 0 Å². The second-order valence-corrected chi connectivity index (χ2v) is 5.53. The molecule has 1 rings (SSSR count). The van der Waals surface area contributed by atoms with Crippen LogP contribution in [0.25, 0.3) is 0 Å². The summed E-state index contributed by atoms with van der Waals surface area (Å²) in [7, 11) is 0. The summed E-state index contributed by atoms with van der Waals surface area (Å²) in [6.07, 6.45) is 9.06. The van der Waals surface area contributed by atoms with Gasteiger partial charge in [-0.3, -0.25) is 4.79 Å². The molecule has 0 unspecified atom stereocenters. The van der Waals surface area contributed by atoms with Gasteiger partial charge in [0.15, 0.2) is 0 Å². The zero-order valence-electron chi connectivity index (χ0n) is 13.3. The normalized spacial score (nSPS) is 28.1. The summed E-state index contributed by atoms with van der Waals surface area (Å²) >= 11 is 0. The van der Waals surface area contributed by atoms with Crippen molar-refractivity contribution in [2.75, 3.05) is 13.2 Å². The quantitative estimate of drug-likeness (QED) is 0.325. The van der Waals surface area contributed by atoms with Crippen molar-refractivity contribution in [2.45, 2.75) is 64.9 Å². The molecular weight excluding hydrogens is 252 g/mol. The molecule has 0 radical (unpaired) electrons. The minimum absolute atomic E-state index is 0.126. The van der Waals surface area contributed by atoms with Crippen LogP contribution in [0.4, 0.5) is 0 Å². The fraction of sp³-hybridized carbons (Fsp3) is 0.824. The van der Waals surface area contributed by atoms with Crippen LogP contribution in [0.5, 0.6) is 0 Å². The van der Waals surface area contributed by atoms with Gasteiger partial charge < -0.3 is 9.47 Å². The van der Waals surface area contributed by atoms with Crippen molar-refractivity contribution in [1.82, 2.24) is 0 Å². The van der Waals surface area contributed by atoms with Crippen LogP contribution in [0.15, 0.2) is 12.7 Å². The summed E-state index contributed by atoms with van der Waals surface area (Å²) < 4.78 is 11.0. The summed E-state index contributed by atoms with van der Waals surface area (Å²) in [6.45, 7) is 10.9. The Morgan fingerprint density at radius 1 is 1.15 bits per heavy atom. The first-order valence-electron chi connectivity index (χ1n) is 8.12. The minimum atomic E-state index is -0.467. The van der Waals surface area contributed by atoms with Crippen molar-refractivity contribution < 1.29 is 14.3 Å². The predicted molar refractivity (Wildman–Crippen MR) is 81.5 cm³/mol. The van der Waals surface area contributed by atoms with Crippen molar-refractivity contribution in [1.29, 1.82) is 0 Å². The molecule has 0 heterocycles. The third-order valence-electron chi connectivity index (χ3n) is 4.23. The fourth-order valence-corrected chi connectivity index (χ4v) is 3.18. The van der Waals surface area contributed by atoms with Gasteiger partial charge in [0.25, 0.3) is 0 Å². The first-order chi connectivity index (χ1) is 9.67. The van der Waals surface area contributed by atoms with Crippen molar-refractivity contribution in [3.63, 3.8) is 0 Å². The highest BCUT2D eigenvalue weighted by molar-refractivity contribution is 5.79. The second kappa shape index (κ2) is 8.46. The average molecular weight is 282 g/mol. The molecule has 0 aromatic carbocycles. The highest BCUT2D eigenvalue weighted by Gasteiger charge is 2.67. The maximum Gasteiger partial charge on any atom is 0.312 e. The molecule has 3 atom stereocenters. The van der Waals surface area contributed by atoms with Crippen LogP contribution in [-0.4, -0.2) is 24.8 Å². The number of carbonyl (C=O) groups is 1. The molecule has 3 heteroatoms. The average Bonchev–Trinajstić information content (AvgIpc) is 3.07. The number of unbranched alkanes of at least 4 members (excludes halogenated alkanes) is 4. The summed E-state index contributed by atoms with van der Waals surface area (Å²) in [4.78, 5) is 12.1. The first-order valence-corrected chi connectivity index (χ1v) is 8.12. The molecule has 0 amide bonds. The molecule has 0 spiro atoms. The molecule has 1 aliphatic carbocycles. The number of ether oxygens (including phenoxy) is 2. The van der Waals surface area contributed by atoms with Gasteiger partial charge in [-0.2, -0.15) is 0 Å². The summed E-state index contributed by atoms with van der Waals surface area (Å²) in [5.74, 6) is -0.0221. The van der Waals surface area contributed by atoms with Crippen LogP contribution in [-0.2, 0) is 14.3 Å². The largest absolute Gasteiger partial charge is 0.466 e. The Labute approximate surface area is 123 Å². The zero-order valence-corrected chi connectivity index (χ0v) is 13.3. The highest BCUT2D eigenvalue weighted by atomic mass is 16.5. The molecule has 0 aromatic rings. The van der Waals surface area contributed by atoms with Gasteiger partial charge >= 0.3 is 5.97 Å². The van der Waals surface area contributed by atoms with E-state index < -0.39 is 5.60 Å². The Hall–Kier alpha value is -0.830. The zero-order chi connectivity index (χ0) is 15.0. The van der Waals surface area contributed by atoms with Gasteiger partial charge in [0, 0.05) is 12.5 Å². The van der Waals surface area contributed by atoms with E-state index in [1.54, 1.807) is 0 Å². The topological polar surface area (TPSA) is 35.5 Å². The smallest absolute Gasteiger partial charge is 0.312 e. The van der Waals surface area contributed by atoms with Gasteiger partial charge in [-0.25, -0.2) is 0 Å². The van der Waals surface area contributed by atoms with Gasteiger partial charge in [0.2, 0.25) is 0 Å². The summed E-state index contributed by atoms with van der Waals surface area (Å²) in [5.41, 5.74) is -0.467. The molecule has 1 aliphatic rings. The van der Waals surface area contributed by atoms with E-state index in [4.69, 9.17) is 9.47 Å². The van der Waals surface area contributed by atoms with Crippen LogP contribution in [0.3, 0.4) is 0 Å². The van der Waals surface area contributed by atoms with Gasteiger partial charge in [-0.1, -0.05) is 45.1 Å². The Balaban J connectivity index is 2.52. The lowest BCUT2D eigenvalue weighted by atomic mass is 10.1. The van der Waals surface area contributed by atoms with Crippen molar-refractivity contribution >= 4 is 5.97 Å². The van der Waals surface area contributed by atoms with Crippen molar-refractivity contribution in [2.24, 2.45) is 11.8 Å². The second-order valence-electron chi connectivity index (χ2n) is 5.53. The molecule has 1 saturated carbocycles. The molecule has 0 bridgehead atoms. The van der Waals surface area contributed by atoms with E-state index in [0.29, 0.717) is 13.2 Å². The lowest BCUT2D eigenvalue weighted by Gasteiger charge is -2.13. The van der Waals surface area contributed by atoms with Gasteiger partial charge in [-0.05, 0) is 20.3 Å². The van der Waals surface area contributed by atoms with E-state index in [1.807, 2.05) is 19.9 Å². The van der Waals surface area contributed by atoms with Crippen LogP contribution in [0.2, 0.25) is 0 Å². The number of carbonyl (C=O) groups excluding carboxylic acids is 1. The predicted octanol–water partition coefficient (Wildman–Crippen LogP) is 4.12. The Bertz CT molecular complexity index is 313. The lowest BCUT2D eigenvalue weighted by molar-refractivity contribution is -0.146. The molecule has 20 heavy (non-hydrogen) atoms. The standard InChI is InChI=1S/C17H30O3/c1-5-9-10-11-12-13-14-15(16(18)19-7-3)17(14,6-2)20-8-4/h6,14-15H,2,5,7-13H2,1,3-4H3/t14-,15+,17+/m0/s1. The first kappa shape index (κ1) is 17.2. The number of esters is 1. The van der Waals surface area contributed by atoms with E-state index in [0.717, 1.165) is 12.8 Å². The Kier molecular flexibility index (Phi) is 7.28. The maximum atomic E-state index is 12.1. The molecule has 1 fully saturated rings. The maximum absolute atomic E-state index is 12.1. The third kappa shape index (κ3) is 3.85. The molecule has 0 N–H and O–H groups in total. The van der Waals surface area contributed by atoms with E-state index in [-0.39, 0.29) is 17.8 Å². The van der Waals surface area contributed by atoms with E-state index in [1.165, 1.54) is 25.7 Å². The molecule has 0 aliphatic heterocycles. The minimum Gasteiger partial charge on any atom is -0.466 e. The van der Waals surface area contributed by atoms with Crippen LogP contribution in [0.1, 0.15) is 59.3 Å². The SMILES string of the molecule is C=C[C@@]1(OCC)[C@@H](CCCCCCC)[C@@H]1C(=O)OCC. The van der Waals surface area contributed by atoms with Gasteiger partial charge in [0.1, 0.15) is 5.60 Å². The fourth-order valence-electron chi connectivity index (χ4n) is 3.18. The highest BCUT2D eigenvalue weighted by Crippen LogP contribution is 2.57. The summed E-state index contributed by atoms with van der Waals surface area (Å²) in [5, 5.41) is 0. The molecule has 3 nitrogen and oxygen atoms in total. The van der Waals surface area contributed by atoms with Crippen LogP contribution in [0, 0.1) is 11.8 Å². The molecule has 0 aromatic heterocycles. The lowest BCUT2D eigenvalue weighted by Crippen LogP contribution is -2.20. The Morgan fingerprint density at radius 2 is 1.85 bits per heavy atom. The van der Waals surface area contributed by atoms with Gasteiger partial charge in [-0.15, -0.1) is 6.58 Å². The monoisotopic (exact) mass is 282 g/mol. The van der Waals surface area contributed by atoms with Crippen molar-refractivity contribution in [3.8, 4) is 0 Å². The van der Waals surface area contributed by atoms with E-state index >= 15 is 0 Å². The van der Waals surface area contributed by atoms with E-state index in [2.05, 4.69) is 13.5 Å². The molecule has 0 saturated heterocycles. The summed E-state index contributed by atoms with van der Waals surface area (Å²) in [6, 6.07) is 0. The number of hydrogen-bond acceptors (Lipinski definition) is 3. The molecular formula is C17H30O3. The third-order valence-corrected chi connectivity index (χ3v) is 4.23. The van der Waals surface area contributed by atoms with E-state index in [9.17, 15) is 4.79 Å². The van der Waals surface area contributed by atoms with Gasteiger partial charge in [0.05, 0.1) is 12.5 Å². The number of hydrogen-bond donors (Lipinski definition) is 0. The van der Waals surface area contributed by atoms with Crippen molar-refractivity contribution in [3.05, 3.63) is 12.7 Å². The van der Waals surface area contributed by atoms with Crippen LogP contribution < -0.4 is 0 Å².